The predicted molar refractivity (Wildman–Crippen MR) is 93.1 cm³/mol. The lowest BCUT2D eigenvalue weighted by Crippen LogP contribution is -2.08. The van der Waals surface area contributed by atoms with E-state index in [9.17, 15) is 18.0 Å². The second-order valence-electron chi connectivity index (χ2n) is 6.55. The minimum Gasteiger partial charge on any atom is -0.466 e. The molecule has 0 aliphatic heterocycles. The van der Waals surface area contributed by atoms with E-state index in [2.05, 4.69) is 4.98 Å². The minimum atomic E-state index is -4.37. The highest BCUT2D eigenvalue weighted by atomic mass is 19.4. The number of hydrogen-bond acceptors (Lipinski definition) is 3. The van der Waals surface area contributed by atoms with Crippen LogP contribution >= 0.6 is 0 Å². The summed E-state index contributed by atoms with van der Waals surface area (Å²) in [5.74, 6) is 0.253. The van der Waals surface area contributed by atoms with Crippen LogP contribution in [0.25, 0.3) is 16.8 Å². The third-order valence-electron chi connectivity index (χ3n) is 4.77. The molecule has 0 bridgehead atoms. The van der Waals surface area contributed by atoms with Crippen molar-refractivity contribution in [2.75, 3.05) is 6.61 Å². The van der Waals surface area contributed by atoms with Crippen LogP contribution < -0.4 is 0 Å². The summed E-state index contributed by atoms with van der Waals surface area (Å²) >= 11 is 0. The maximum Gasteiger partial charge on any atom is 0.416 e. The zero-order valence-corrected chi connectivity index (χ0v) is 14.5. The molecule has 0 amide bonds. The Morgan fingerprint density at radius 2 is 1.96 bits per heavy atom. The number of carbonyl (C=O) groups excluding carboxylic acids is 1. The van der Waals surface area contributed by atoms with Gasteiger partial charge in [-0.3, -0.25) is 4.79 Å². The molecule has 1 aliphatic carbocycles. The highest BCUT2D eigenvalue weighted by Crippen LogP contribution is 2.48. The average Bonchev–Trinajstić information content (AvgIpc) is 3.35. The fourth-order valence-electron chi connectivity index (χ4n) is 3.34. The number of fused-ring (bicyclic) bond motifs is 1. The molecule has 2 heterocycles. The van der Waals surface area contributed by atoms with Gasteiger partial charge in [-0.2, -0.15) is 13.2 Å². The Kier molecular flexibility index (Phi) is 4.17. The van der Waals surface area contributed by atoms with Crippen LogP contribution in [0.5, 0.6) is 0 Å². The van der Waals surface area contributed by atoms with Gasteiger partial charge in [0.2, 0.25) is 0 Å². The van der Waals surface area contributed by atoms with Crippen molar-refractivity contribution in [2.24, 2.45) is 5.92 Å². The fraction of sp³-hybridized carbons (Fsp3) is 0.300. The molecule has 4 nitrogen and oxygen atoms in total. The smallest absolute Gasteiger partial charge is 0.416 e. The van der Waals surface area contributed by atoms with Crippen LogP contribution in [0.2, 0.25) is 0 Å². The first-order valence-electron chi connectivity index (χ1n) is 8.71. The van der Waals surface area contributed by atoms with E-state index in [0.29, 0.717) is 24.3 Å². The third-order valence-corrected chi connectivity index (χ3v) is 4.77. The number of rotatable bonds is 4. The van der Waals surface area contributed by atoms with E-state index < -0.39 is 11.7 Å². The highest BCUT2D eigenvalue weighted by molar-refractivity contribution is 5.80. The fourth-order valence-corrected chi connectivity index (χ4v) is 3.34. The van der Waals surface area contributed by atoms with Gasteiger partial charge in [-0.25, -0.2) is 4.98 Å². The van der Waals surface area contributed by atoms with Crippen molar-refractivity contribution in [1.29, 1.82) is 0 Å². The average molecular weight is 374 g/mol. The topological polar surface area (TPSA) is 43.6 Å². The van der Waals surface area contributed by atoms with E-state index in [4.69, 9.17) is 4.74 Å². The molecule has 140 valence electrons. The molecule has 3 aromatic rings. The molecule has 1 saturated carbocycles. The number of nitrogens with zero attached hydrogens (tertiary/aromatic N) is 2. The summed E-state index contributed by atoms with van der Waals surface area (Å²) in [6.07, 6.45) is -1.86. The SMILES string of the molecule is CCOC(=O)[C@H]1C[C@H]1c1nc(-c2ccc(C(F)(F)F)cc2)c2ccccn12. The normalized spacial score (nSPS) is 19.3. The molecule has 0 unspecified atom stereocenters. The summed E-state index contributed by atoms with van der Waals surface area (Å²) in [5, 5.41) is 0. The number of esters is 1. The highest BCUT2D eigenvalue weighted by Gasteiger charge is 2.48. The number of hydrogen-bond donors (Lipinski definition) is 0. The first kappa shape index (κ1) is 17.6. The molecule has 1 fully saturated rings. The molecule has 0 N–H and O–H groups in total. The molecule has 4 rings (SSSR count). The van der Waals surface area contributed by atoms with Crippen molar-refractivity contribution in [3.8, 4) is 11.3 Å². The number of benzene rings is 1. The first-order valence-corrected chi connectivity index (χ1v) is 8.71. The van der Waals surface area contributed by atoms with E-state index in [1.807, 2.05) is 28.8 Å². The molecule has 1 aromatic carbocycles. The van der Waals surface area contributed by atoms with Crippen molar-refractivity contribution in [2.45, 2.75) is 25.4 Å². The van der Waals surface area contributed by atoms with Crippen molar-refractivity contribution in [1.82, 2.24) is 9.38 Å². The van der Waals surface area contributed by atoms with Crippen molar-refractivity contribution >= 4 is 11.5 Å². The van der Waals surface area contributed by atoms with Crippen LogP contribution in [0.15, 0.2) is 48.7 Å². The second kappa shape index (κ2) is 6.40. The Balaban J connectivity index is 1.72. The van der Waals surface area contributed by atoms with Crippen LogP contribution in [0.4, 0.5) is 13.2 Å². The monoisotopic (exact) mass is 374 g/mol. The van der Waals surface area contributed by atoms with E-state index in [-0.39, 0.29) is 17.8 Å². The summed E-state index contributed by atoms with van der Waals surface area (Å²) in [7, 11) is 0. The van der Waals surface area contributed by atoms with E-state index >= 15 is 0 Å². The molecule has 27 heavy (non-hydrogen) atoms. The second-order valence-corrected chi connectivity index (χ2v) is 6.55. The number of pyridine rings is 1. The summed E-state index contributed by atoms with van der Waals surface area (Å²) in [6, 6.07) is 10.5. The van der Waals surface area contributed by atoms with Crippen molar-refractivity contribution < 1.29 is 22.7 Å². The zero-order chi connectivity index (χ0) is 19.2. The quantitative estimate of drug-likeness (QED) is 0.623. The Labute approximate surface area is 153 Å². The van der Waals surface area contributed by atoms with Crippen molar-refractivity contribution in [3.63, 3.8) is 0 Å². The van der Waals surface area contributed by atoms with Crippen LogP contribution in [-0.2, 0) is 15.7 Å². The first-order chi connectivity index (χ1) is 12.9. The van der Waals surface area contributed by atoms with Crippen LogP contribution in [0.3, 0.4) is 0 Å². The zero-order valence-electron chi connectivity index (χ0n) is 14.5. The third kappa shape index (κ3) is 3.18. The van der Waals surface area contributed by atoms with Gasteiger partial charge in [0.05, 0.1) is 29.3 Å². The molecule has 0 saturated heterocycles. The van der Waals surface area contributed by atoms with E-state index in [0.717, 1.165) is 23.5 Å². The van der Waals surface area contributed by atoms with E-state index in [1.54, 1.807) is 6.92 Å². The van der Waals surface area contributed by atoms with E-state index in [1.165, 1.54) is 12.1 Å². The molecular formula is C20H17F3N2O2. The Bertz CT molecular complexity index is 993. The van der Waals surface area contributed by atoms with Gasteiger partial charge in [0, 0.05) is 17.7 Å². The van der Waals surface area contributed by atoms with Crippen LogP contribution in [0, 0.1) is 5.92 Å². The standard InChI is InChI=1S/C20H17F3N2O2/c1-2-27-19(26)15-11-14(15)18-24-17(16-5-3-4-10-25(16)18)12-6-8-13(9-7-12)20(21,22)23/h3-10,14-15H,2,11H2,1H3/t14-,15+/m1/s1. The maximum atomic E-state index is 12.8. The maximum absolute atomic E-state index is 12.8. The molecule has 7 heteroatoms. The van der Waals surface area contributed by atoms with Crippen LogP contribution in [0.1, 0.15) is 30.7 Å². The molecule has 0 spiro atoms. The Morgan fingerprint density at radius 3 is 2.63 bits per heavy atom. The molecule has 2 atom stereocenters. The van der Waals surface area contributed by atoms with Gasteiger partial charge < -0.3 is 9.14 Å². The van der Waals surface area contributed by atoms with Gasteiger partial charge in [-0.05, 0) is 37.6 Å². The number of ether oxygens (including phenoxy) is 1. The lowest BCUT2D eigenvalue weighted by atomic mass is 10.1. The lowest BCUT2D eigenvalue weighted by Gasteiger charge is -2.06. The number of aromatic nitrogens is 2. The molecule has 2 aromatic heterocycles. The predicted octanol–water partition coefficient (Wildman–Crippen LogP) is 4.69. The lowest BCUT2D eigenvalue weighted by molar-refractivity contribution is -0.144. The molecule has 0 radical (unpaired) electrons. The van der Waals surface area contributed by atoms with Gasteiger partial charge >= 0.3 is 12.1 Å². The minimum absolute atomic E-state index is 0.0397. The largest absolute Gasteiger partial charge is 0.466 e. The summed E-state index contributed by atoms with van der Waals surface area (Å²) in [6.45, 7) is 2.10. The van der Waals surface area contributed by atoms with Gasteiger partial charge in [-0.1, -0.05) is 18.2 Å². The van der Waals surface area contributed by atoms with Gasteiger partial charge in [-0.15, -0.1) is 0 Å². The molecule has 1 aliphatic rings. The van der Waals surface area contributed by atoms with Gasteiger partial charge in [0.1, 0.15) is 5.82 Å². The molecular weight excluding hydrogens is 357 g/mol. The Morgan fingerprint density at radius 1 is 1.22 bits per heavy atom. The number of imidazole rings is 1. The summed E-state index contributed by atoms with van der Waals surface area (Å²) in [5.41, 5.74) is 1.31. The van der Waals surface area contributed by atoms with Gasteiger partial charge in [0.25, 0.3) is 0 Å². The van der Waals surface area contributed by atoms with Crippen LogP contribution in [-0.4, -0.2) is 22.0 Å². The number of carbonyl (C=O) groups is 1. The summed E-state index contributed by atoms with van der Waals surface area (Å²) in [4.78, 5) is 16.6. The summed E-state index contributed by atoms with van der Waals surface area (Å²) < 4.78 is 45.4. The number of halogens is 3. The number of alkyl halides is 3. The van der Waals surface area contributed by atoms with Gasteiger partial charge in [0.15, 0.2) is 0 Å². The van der Waals surface area contributed by atoms with Crippen molar-refractivity contribution in [3.05, 3.63) is 60.0 Å². The Hall–Kier alpha value is -2.83.